The van der Waals surface area contributed by atoms with Gasteiger partial charge in [0.2, 0.25) is 5.91 Å². The summed E-state index contributed by atoms with van der Waals surface area (Å²) in [5.74, 6) is 0.581. The van der Waals surface area contributed by atoms with Crippen molar-refractivity contribution in [2.75, 3.05) is 31.5 Å². The first-order valence-electron chi connectivity index (χ1n) is 9.44. The zero-order chi connectivity index (χ0) is 18.8. The molecule has 1 N–H and O–H groups in total. The van der Waals surface area contributed by atoms with Crippen LogP contribution in [0.1, 0.15) is 41.7 Å². The van der Waals surface area contributed by atoms with Crippen LogP contribution in [0.5, 0.6) is 0 Å². The maximum absolute atomic E-state index is 12.9. The van der Waals surface area contributed by atoms with Crippen LogP contribution in [0.25, 0.3) is 0 Å². The Bertz CT molecular complexity index is 811. The van der Waals surface area contributed by atoms with Crippen molar-refractivity contribution in [3.63, 3.8) is 0 Å². The molecule has 2 aromatic rings. The van der Waals surface area contributed by atoms with Crippen LogP contribution >= 0.6 is 11.3 Å². The van der Waals surface area contributed by atoms with Gasteiger partial charge in [0, 0.05) is 49.9 Å². The first-order valence-corrected chi connectivity index (χ1v) is 10.4. The number of hydrogen-bond donors (Lipinski definition) is 1. The molecule has 1 saturated heterocycles. The van der Waals surface area contributed by atoms with Gasteiger partial charge in [0.1, 0.15) is 5.82 Å². The summed E-state index contributed by atoms with van der Waals surface area (Å²) in [5.41, 5.74) is 1.92. The molecule has 1 saturated carbocycles. The van der Waals surface area contributed by atoms with Gasteiger partial charge in [-0.2, -0.15) is 11.3 Å². The predicted octanol–water partition coefficient (Wildman–Crippen LogP) is 3.01. The number of carbonyl (C=O) groups is 2. The maximum Gasteiger partial charge on any atom is 0.254 e. The number of pyridine rings is 1. The van der Waals surface area contributed by atoms with Crippen LogP contribution in [0, 0.1) is 5.92 Å². The third-order valence-electron chi connectivity index (χ3n) is 5.38. The van der Waals surface area contributed by atoms with E-state index >= 15 is 0 Å². The van der Waals surface area contributed by atoms with Crippen LogP contribution in [0.3, 0.4) is 0 Å². The molecule has 6 nitrogen and oxygen atoms in total. The highest BCUT2D eigenvalue weighted by Crippen LogP contribution is 2.30. The summed E-state index contributed by atoms with van der Waals surface area (Å²) in [5, 5.41) is 7.11. The molecule has 1 aliphatic carbocycles. The minimum absolute atomic E-state index is 0.00200. The molecule has 3 heterocycles. The number of nitrogens with one attached hydrogen (secondary N) is 1. The molecule has 7 heteroatoms. The normalized spacial score (nSPS) is 18.9. The Morgan fingerprint density at radius 3 is 2.67 bits per heavy atom. The number of nitrogens with zero attached hydrogens (tertiary/aromatic N) is 3. The van der Waals surface area contributed by atoms with Gasteiger partial charge >= 0.3 is 0 Å². The van der Waals surface area contributed by atoms with Crippen LogP contribution in [0.2, 0.25) is 0 Å². The van der Waals surface area contributed by atoms with Crippen molar-refractivity contribution in [2.45, 2.75) is 25.8 Å². The third-order valence-corrected chi connectivity index (χ3v) is 6.08. The molecule has 0 aromatic carbocycles. The summed E-state index contributed by atoms with van der Waals surface area (Å²) in [7, 11) is 0. The van der Waals surface area contributed by atoms with E-state index in [1.54, 1.807) is 29.7 Å². The number of thiophene rings is 1. The van der Waals surface area contributed by atoms with E-state index in [1.807, 2.05) is 4.90 Å². The molecule has 2 fully saturated rings. The molecule has 142 valence electrons. The fourth-order valence-corrected chi connectivity index (χ4v) is 4.17. The van der Waals surface area contributed by atoms with Crippen molar-refractivity contribution in [2.24, 2.45) is 5.92 Å². The van der Waals surface area contributed by atoms with Gasteiger partial charge in [0.05, 0.1) is 0 Å². The fourth-order valence-electron chi connectivity index (χ4n) is 3.42. The smallest absolute Gasteiger partial charge is 0.254 e. The lowest BCUT2D eigenvalue weighted by Gasteiger charge is -2.38. The quantitative estimate of drug-likeness (QED) is 0.861. The summed E-state index contributed by atoms with van der Waals surface area (Å²) < 4.78 is 0. The predicted molar refractivity (Wildman–Crippen MR) is 106 cm³/mol. The lowest BCUT2D eigenvalue weighted by atomic mass is 10.1. The molecule has 0 bridgehead atoms. The van der Waals surface area contributed by atoms with Crippen LogP contribution in [0.4, 0.5) is 5.82 Å². The SMILES string of the molecule is CC(c1ccsc1)N1CCN(C(=O)c2ccnc(NC(=O)C3CC3)c2)CC1. The summed E-state index contributed by atoms with van der Waals surface area (Å²) in [6, 6.07) is 5.94. The fraction of sp³-hybridized carbons (Fsp3) is 0.450. The van der Waals surface area contributed by atoms with Gasteiger partial charge in [-0.15, -0.1) is 0 Å². The first-order chi connectivity index (χ1) is 13.1. The Morgan fingerprint density at radius 1 is 1.22 bits per heavy atom. The van der Waals surface area contributed by atoms with Gasteiger partial charge in [-0.25, -0.2) is 4.98 Å². The number of amides is 2. The summed E-state index contributed by atoms with van der Waals surface area (Å²) in [4.78, 5) is 33.2. The molecule has 0 radical (unpaired) electrons. The number of carbonyl (C=O) groups excluding carboxylic acids is 2. The highest BCUT2D eigenvalue weighted by Gasteiger charge is 2.30. The Hall–Kier alpha value is -2.25. The Labute approximate surface area is 163 Å². The zero-order valence-electron chi connectivity index (χ0n) is 15.4. The highest BCUT2D eigenvalue weighted by atomic mass is 32.1. The second-order valence-electron chi connectivity index (χ2n) is 7.25. The van der Waals surface area contributed by atoms with Gasteiger partial charge in [-0.3, -0.25) is 14.5 Å². The first kappa shape index (κ1) is 18.1. The highest BCUT2D eigenvalue weighted by molar-refractivity contribution is 7.07. The molecule has 1 unspecified atom stereocenters. The largest absolute Gasteiger partial charge is 0.336 e. The minimum Gasteiger partial charge on any atom is -0.336 e. The van der Waals surface area contributed by atoms with E-state index in [0.29, 0.717) is 30.5 Å². The van der Waals surface area contributed by atoms with Crippen molar-refractivity contribution in [1.29, 1.82) is 0 Å². The van der Waals surface area contributed by atoms with Crippen molar-refractivity contribution in [1.82, 2.24) is 14.8 Å². The van der Waals surface area contributed by atoms with Gasteiger partial charge in [-0.05, 0) is 54.3 Å². The molecule has 2 aromatic heterocycles. The number of rotatable bonds is 5. The monoisotopic (exact) mass is 384 g/mol. The Balaban J connectivity index is 1.35. The summed E-state index contributed by atoms with van der Waals surface area (Å²) in [6.45, 7) is 5.36. The van der Waals surface area contributed by atoms with E-state index in [0.717, 1.165) is 25.9 Å². The molecule has 0 spiro atoms. The van der Waals surface area contributed by atoms with Gasteiger partial charge in [0.15, 0.2) is 0 Å². The Kier molecular flexibility index (Phi) is 5.22. The topological polar surface area (TPSA) is 65.5 Å². The van der Waals surface area contributed by atoms with Crippen LogP contribution in [-0.4, -0.2) is 52.8 Å². The Morgan fingerprint density at radius 2 is 2.00 bits per heavy atom. The van der Waals surface area contributed by atoms with Crippen molar-refractivity contribution in [3.05, 3.63) is 46.3 Å². The maximum atomic E-state index is 12.9. The standard InChI is InChI=1S/C20H24N4O2S/c1-14(17-5-11-27-13-17)23-7-9-24(10-8-23)20(26)16-4-6-21-18(12-16)22-19(25)15-2-3-15/h4-6,11-15H,2-3,7-10H2,1H3,(H,21,22,25). The second kappa shape index (κ2) is 7.78. The van der Waals surface area contributed by atoms with Crippen molar-refractivity contribution < 1.29 is 9.59 Å². The van der Waals surface area contributed by atoms with E-state index in [-0.39, 0.29) is 17.7 Å². The van der Waals surface area contributed by atoms with E-state index < -0.39 is 0 Å². The molecule has 1 aliphatic heterocycles. The average molecular weight is 385 g/mol. The molecule has 4 rings (SSSR count). The third kappa shape index (κ3) is 4.20. The van der Waals surface area contributed by atoms with Crippen molar-refractivity contribution >= 4 is 29.0 Å². The average Bonchev–Trinajstić information content (AvgIpc) is 3.42. The summed E-state index contributed by atoms with van der Waals surface area (Å²) >= 11 is 1.72. The molecule has 27 heavy (non-hydrogen) atoms. The van der Waals surface area contributed by atoms with Crippen molar-refractivity contribution in [3.8, 4) is 0 Å². The second-order valence-corrected chi connectivity index (χ2v) is 8.03. The zero-order valence-corrected chi connectivity index (χ0v) is 16.2. The lowest BCUT2D eigenvalue weighted by Crippen LogP contribution is -2.49. The van der Waals surface area contributed by atoms with E-state index in [4.69, 9.17) is 0 Å². The number of anilines is 1. The molecule has 2 amide bonds. The van der Waals surface area contributed by atoms with Crippen LogP contribution in [0.15, 0.2) is 35.2 Å². The molecule has 2 aliphatic rings. The summed E-state index contributed by atoms with van der Waals surface area (Å²) in [6.07, 6.45) is 3.47. The lowest BCUT2D eigenvalue weighted by molar-refractivity contribution is -0.117. The van der Waals surface area contributed by atoms with Gasteiger partial charge in [0.25, 0.3) is 5.91 Å². The van der Waals surface area contributed by atoms with Gasteiger partial charge < -0.3 is 10.2 Å². The van der Waals surface area contributed by atoms with Crippen LogP contribution < -0.4 is 5.32 Å². The van der Waals surface area contributed by atoms with Gasteiger partial charge in [-0.1, -0.05) is 0 Å². The molecule has 1 atom stereocenters. The number of hydrogen-bond acceptors (Lipinski definition) is 5. The molecular weight excluding hydrogens is 360 g/mol. The van der Waals surface area contributed by atoms with E-state index in [1.165, 1.54) is 5.56 Å². The molecular formula is C20H24N4O2S. The number of piperazine rings is 1. The minimum atomic E-state index is 0.00200. The van der Waals surface area contributed by atoms with E-state index in [9.17, 15) is 9.59 Å². The van der Waals surface area contributed by atoms with E-state index in [2.05, 4.69) is 39.0 Å². The van der Waals surface area contributed by atoms with Crippen LogP contribution in [-0.2, 0) is 4.79 Å². The number of aromatic nitrogens is 1.